The molecule has 0 amide bonds. The molecule has 1 aromatic heterocycles. The van der Waals surface area contributed by atoms with Crippen molar-refractivity contribution in [1.29, 1.82) is 0 Å². The van der Waals surface area contributed by atoms with Crippen LogP contribution in [0.25, 0.3) is 21.7 Å². The van der Waals surface area contributed by atoms with Crippen molar-refractivity contribution in [3.05, 3.63) is 87.5 Å². The van der Waals surface area contributed by atoms with Gasteiger partial charge in [0, 0.05) is 16.3 Å². The quantitative estimate of drug-likeness (QED) is 0.247. The van der Waals surface area contributed by atoms with E-state index in [1.165, 1.54) is 24.3 Å². The molecule has 4 rings (SSSR count). The first-order valence-electron chi connectivity index (χ1n) is 8.53. The number of phenolic OH excluding ortho intramolecular Hbond substituents is 1. The fourth-order valence-electron chi connectivity index (χ4n) is 3.30. The molecule has 29 heavy (non-hydrogen) atoms. The van der Waals surface area contributed by atoms with Crippen LogP contribution in [0.5, 0.6) is 5.75 Å². The number of carbonyl (C=O) groups excluding carboxylic acids is 2. The van der Waals surface area contributed by atoms with Gasteiger partial charge in [0.05, 0.1) is 12.7 Å². The fourth-order valence-corrected chi connectivity index (χ4v) is 3.30. The number of phenols is 1. The number of rotatable bonds is 3. The molecule has 6 nitrogen and oxygen atoms in total. The Labute approximate surface area is 162 Å². The van der Waals surface area contributed by atoms with Crippen LogP contribution in [0.15, 0.2) is 63.8 Å². The Hall–Kier alpha value is -4.00. The van der Waals surface area contributed by atoms with Crippen LogP contribution in [0.4, 0.5) is 4.39 Å². The first kappa shape index (κ1) is 18.4. The molecule has 0 saturated carbocycles. The van der Waals surface area contributed by atoms with Crippen LogP contribution in [0.1, 0.15) is 26.3 Å². The summed E-state index contributed by atoms with van der Waals surface area (Å²) < 4.78 is 24.2. The number of hydrogen-bond donors (Lipinski definition) is 1. The summed E-state index contributed by atoms with van der Waals surface area (Å²) in [5.74, 6) is -3.14. The average molecular weight is 392 g/mol. The number of aromatic hydroxyl groups is 1. The average Bonchev–Trinajstić information content (AvgIpc) is 2.73. The number of benzene rings is 3. The van der Waals surface area contributed by atoms with Gasteiger partial charge in [-0.15, -0.1) is 0 Å². The molecule has 0 aliphatic rings. The molecule has 4 aromatic rings. The molecule has 7 heteroatoms. The number of methoxy groups -OCH3 is 1. The smallest absolute Gasteiger partial charge is 0.348 e. The predicted molar refractivity (Wildman–Crippen MR) is 103 cm³/mol. The third-order valence-corrected chi connectivity index (χ3v) is 4.63. The van der Waals surface area contributed by atoms with Crippen LogP contribution >= 0.6 is 0 Å². The number of ketones is 1. The van der Waals surface area contributed by atoms with Crippen LogP contribution in [-0.2, 0) is 4.74 Å². The maximum absolute atomic E-state index is 14.3. The predicted octanol–water partition coefficient (Wildman–Crippen LogP) is 3.81. The molecular weight excluding hydrogens is 379 g/mol. The summed E-state index contributed by atoms with van der Waals surface area (Å²) in [6, 6.07) is 12.9. The lowest BCUT2D eigenvalue weighted by Gasteiger charge is -2.13. The Morgan fingerprint density at radius 1 is 0.966 bits per heavy atom. The zero-order valence-corrected chi connectivity index (χ0v) is 15.1. The second-order valence-corrected chi connectivity index (χ2v) is 6.26. The summed E-state index contributed by atoms with van der Waals surface area (Å²) in [6.45, 7) is 0. The molecular formula is C22H13FO6. The zero-order valence-electron chi connectivity index (χ0n) is 15.1. The third kappa shape index (κ3) is 2.84. The second kappa shape index (κ2) is 6.87. The van der Waals surface area contributed by atoms with E-state index in [0.29, 0.717) is 5.39 Å². The van der Waals surface area contributed by atoms with Gasteiger partial charge in [-0.1, -0.05) is 30.3 Å². The van der Waals surface area contributed by atoms with Crippen molar-refractivity contribution in [3.8, 4) is 5.75 Å². The highest BCUT2D eigenvalue weighted by Gasteiger charge is 2.26. The van der Waals surface area contributed by atoms with E-state index in [1.807, 2.05) is 0 Å². The van der Waals surface area contributed by atoms with Gasteiger partial charge in [-0.2, -0.15) is 0 Å². The summed E-state index contributed by atoms with van der Waals surface area (Å²) in [7, 11) is 1.09. The van der Waals surface area contributed by atoms with Crippen LogP contribution in [0, 0.1) is 5.82 Å². The van der Waals surface area contributed by atoms with Gasteiger partial charge in [0.15, 0.2) is 5.78 Å². The highest BCUT2D eigenvalue weighted by Crippen LogP contribution is 2.36. The van der Waals surface area contributed by atoms with Crippen molar-refractivity contribution in [2.75, 3.05) is 7.11 Å². The molecule has 0 aliphatic heterocycles. The molecule has 0 saturated heterocycles. The van der Waals surface area contributed by atoms with E-state index in [0.717, 1.165) is 19.2 Å². The first-order valence-corrected chi connectivity index (χ1v) is 8.53. The van der Waals surface area contributed by atoms with Crippen molar-refractivity contribution < 1.29 is 28.2 Å². The Morgan fingerprint density at radius 2 is 1.66 bits per heavy atom. The third-order valence-electron chi connectivity index (χ3n) is 4.63. The molecule has 0 bridgehead atoms. The molecule has 144 valence electrons. The topological polar surface area (TPSA) is 93.8 Å². The lowest BCUT2D eigenvalue weighted by atomic mass is 9.92. The van der Waals surface area contributed by atoms with Crippen LogP contribution in [-0.4, -0.2) is 24.0 Å². The molecule has 0 spiro atoms. The Morgan fingerprint density at radius 3 is 2.38 bits per heavy atom. The van der Waals surface area contributed by atoms with E-state index in [-0.39, 0.29) is 27.5 Å². The molecule has 0 fully saturated rings. The molecule has 1 N–H and O–H groups in total. The van der Waals surface area contributed by atoms with Crippen molar-refractivity contribution in [2.24, 2.45) is 0 Å². The Balaban J connectivity index is 2.21. The van der Waals surface area contributed by atoms with Crippen molar-refractivity contribution >= 4 is 33.5 Å². The summed E-state index contributed by atoms with van der Waals surface area (Å²) >= 11 is 0. The highest BCUT2D eigenvalue weighted by atomic mass is 19.1. The maximum Gasteiger partial charge on any atom is 0.348 e. The number of esters is 1. The maximum atomic E-state index is 14.3. The van der Waals surface area contributed by atoms with Crippen molar-refractivity contribution in [1.82, 2.24) is 0 Å². The fraction of sp³-hybridized carbons (Fsp3) is 0.0455. The lowest BCUT2D eigenvalue weighted by Crippen LogP contribution is -2.12. The summed E-state index contributed by atoms with van der Waals surface area (Å²) in [6.07, 6.45) is 0. The van der Waals surface area contributed by atoms with Gasteiger partial charge in [-0.3, -0.25) is 4.79 Å². The number of para-hydroxylation sites is 1. The minimum atomic E-state index is -0.959. The first-order chi connectivity index (χ1) is 13.9. The van der Waals surface area contributed by atoms with E-state index in [4.69, 9.17) is 4.42 Å². The van der Waals surface area contributed by atoms with E-state index in [2.05, 4.69) is 4.74 Å². The second-order valence-electron chi connectivity index (χ2n) is 6.26. The van der Waals surface area contributed by atoms with E-state index in [9.17, 15) is 23.9 Å². The minimum absolute atomic E-state index is 0.0651. The summed E-state index contributed by atoms with van der Waals surface area (Å²) in [5.41, 5.74) is -1.54. The largest absolute Gasteiger partial charge is 0.506 e. The monoisotopic (exact) mass is 392 g/mol. The molecule has 0 radical (unpaired) electrons. The van der Waals surface area contributed by atoms with Gasteiger partial charge < -0.3 is 14.3 Å². The lowest BCUT2D eigenvalue weighted by molar-refractivity contribution is 0.0597. The highest BCUT2D eigenvalue weighted by molar-refractivity contribution is 6.24. The summed E-state index contributed by atoms with van der Waals surface area (Å²) in [4.78, 5) is 37.9. The van der Waals surface area contributed by atoms with Gasteiger partial charge in [0.1, 0.15) is 28.1 Å². The Bertz CT molecular complexity index is 1370. The van der Waals surface area contributed by atoms with Crippen LogP contribution in [0.2, 0.25) is 0 Å². The molecule has 0 atom stereocenters. The normalized spacial score (nSPS) is 11.0. The van der Waals surface area contributed by atoms with E-state index < -0.39 is 34.5 Å². The number of hydrogen-bond acceptors (Lipinski definition) is 6. The molecule has 1 heterocycles. The van der Waals surface area contributed by atoms with Crippen LogP contribution < -0.4 is 5.63 Å². The van der Waals surface area contributed by atoms with Gasteiger partial charge in [0.2, 0.25) is 0 Å². The van der Waals surface area contributed by atoms with Gasteiger partial charge in [0.25, 0.3) is 0 Å². The zero-order chi connectivity index (χ0) is 20.7. The minimum Gasteiger partial charge on any atom is -0.506 e. The van der Waals surface area contributed by atoms with Crippen LogP contribution in [0.3, 0.4) is 0 Å². The molecule has 0 unspecified atom stereocenters. The van der Waals surface area contributed by atoms with Gasteiger partial charge in [-0.25, -0.2) is 14.0 Å². The molecule has 3 aromatic carbocycles. The standard InChI is InChI=1S/C22H13FO6/c1-28-21(26)14-10-13(19(24)11-6-2-4-8-15(11)23)17-12-7-3-5-9-16(12)29-22(27)18(17)20(14)25/h2-10,25H,1H3. The van der Waals surface area contributed by atoms with Crippen molar-refractivity contribution in [2.45, 2.75) is 0 Å². The molecule has 0 aliphatic carbocycles. The van der Waals surface area contributed by atoms with Gasteiger partial charge >= 0.3 is 11.6 Å². The number of ether oxygens (including phenoxy) is 1. The van der Waals surface area contributed by atoms with E-state index >= 15 is 0 Å². The SMILES string of the molecule is COC(=O)c1cc(C(=O)c2ccccc2F)c2c(c1O)c(=O)oc1ccccc12. The van der Waals surface area contributed by atoms with E-state index in [1.54, 1.807) is 18.2 Å². The number of fused-ring (bicyclic) bond motifs is 3. The van der Waals surface area contributed by atoms with Crippen molar-refractivity contribution in [3.63, 3.8) is 0 Å². The summed E-state index contributed by atoms with van der Waals surface area (Å²) in [5, 5.41) is 10.6. The van der Waals surface area contributed by atoms with Gasteiger partial charge in [-0.05, 0) is 24.3 Å². The number of carbonyl (C=O) groups is 2. The Kier molecular flexibility index (Phi) is 4.35. The number of halogens is 1.